The zero-order valence-corrected chi connectivity index (χ0v) is 13.5. The van der Waals surface area contributed by atoms with Gasteiger partial charge in [-0.05, 0) is 29.3 Å². The molecule has 1 unspecified atom stereocenters. The van der Waals surface area contributed by atoms with E-state index >= 15 is 0 Å². The molecule has 0 bridgehead atoms. The van der Waals surface area contributed by atoms with Crippen LogP contribution in [0.25, 0.3) is 0 Å². The molecule has 0 radical (unpaired) electrons. The van der Waals surface area contributed by atoms with Gasteiger partial charge in [-0.25, -0.2) is 0 Å². The van der Waals surface area contributed by atoms with Crippen molar-refractivity contribution >= 4 is 5.91 Å². The lowest BCUT2D eigenvalue weighted by Gasteiger charge is -2.29. The molecular formula is C19H19NO4. The Balaban J connectivity index is 1.43. The number of likely N-dealkylation sites (N-methyl/N-ethyl adjacent to an activating group) is 1. The fourth-order valence-electron chi connectivity index (χ4n) is 3.16. The molecule has 0 spiro atoms. The normalized spacial score (nSPS) is 18.1. The second-order valence-corrected chi connectivity index (χ2v) is 6.16. The van der Waals surface area contributed by atoms with Gasteiger partial charge in [0.25, 0.3) is 5.91 Å². The van der Waals surface area contributed by atoms with Crippen molar-refractivity contribution in [3.8, 4) is 11.5 Å². The third-order valence-electron chi connectivity index (χ3n) is 4.48. The average molecular weight is 325 g/mol. The van der Waals surface area contributed by atoms with Gasteiger partial charge >= 0.3 is 0 Å². The SMILES string of the molecule is CN(CC1Cc2ccccc2CO1)C(=O)c1ccc2c(c1)OCO2. The Bertz CT molecular complexity index is 774. The Kier molecular flexibility index (Phi) is 3.86. The Morgan fingerprint density at radius 3 is 2.79 bits per heavy atom. The molecule has 2 aliphatic heterocycles. The Hall–Kier alpha value is -2.53. The highest BCUT2D eigenvalue weighted by atomic mass is 16.7. The van der Waals surface area contributed by atoms with Gasteiger partial charge in [0.1, 0.15) is 0 Å². The van der Waals surface area contributed by atoms with Crippen LogP contribution < -0.4 is 9.47 Å². The molecule has 1 atom stereocenters. The number of hydrogen-bond donors (Lipinski definition) is 0. The number of carbonyl (C=O) groups is 1. The van der Waals surface area contributed by atoms with E-state index in [2.05, 4.69) is 12.1 Å². The molecule has 0 saturated carbocycles. The van der Waals surface area contributed by atoms with Crippen LogP contribution >= 0.6 is 0 Å². The van der Waals surface area contributed by atoms with Crippen molar-refractivity contribution in [1.82, 2.24) is 4.90 Å². The van der Waals surface area contributed by atoms with Gasteiger partial charge < -0.3 is 19.1 Å². The van der Waals surface area contributed by atoms with Gasteiger partial charge in [-0.2, -0.15) is 0 Å². The summed E-state index contributed by atoms with van der Waals surface area (Å²) in [4.78, 5) is 14.3. The van der Waals surface area contributed by atoms with Crippen LogP contribution in [0.5, 0.6) is 11.5 Å². The first kappa shape index (κ1) is 15.0. The molecule has 0 aliphatic carbocycles. The van der Waals surface area contributed by atoms with E-state index in [0.29, 0.717) is 30.2 Å². The predicted molar refractivity (Wildman–Crippen MR) is 88.2 cm³/mol. The van der Waals surface area contributed by atoms with Gasteiger partial charge in [-0.15, -0.1) is 0 Å². The first-order valence-electron chi connectivity index (χ1n) is 8.04. The van der Waals surface area contributed by atoms with Crippen molar-refractivity contribution < 1.29 is 19.0 Å². The van der Waals surface area contributed by atoms with E-state index in [1.165, 1.54) is 11.1 Å². The van der Waals surface area contributed by atoms with Crippen LogP contribution in [0, 0.1) is 0 Å². The number of rotatable bonds is 3. The van der Waals surface area contributed by atoms with Crippen molar-refractivity contribution in [3.05, 3.63) is 59.2 Å². The highest BCUT2D eigenvalue weighted by Gasteiger charge is 2.24. The molecule has 24 heavy (non-hydrogen) atoms. The minimum atomic E-state index is -0.0456. The van der Waals surface area contributed by atoms with Gasteiger partial charge in [0, 0.05) is 25.6 Å². The first-order chi connectivity index (χ1) is 11.7. The van der Waals surface area contributed by atoms with E-state index in [4.69, 9.17) is 14.2 Å². The highest BCUT2D eigenvalue weighted by Crippen LogP contribution is 2.32. The predicted octanol–water partition coefficient (Wildman–Crippen LogP) is 2.63. The van der Waals surface area contributed by atoms with Crippen molar-refractivity contribution in [1.29, 1.82) is 0 Å². The van der Waals surface area contributed by atoms with Crippen LogP contribution in [0.2, 0.25) is 0 Å². The third kappa shape index (κ3) is 2.83. The smallest absolute Gasteiger partial charge is 0.253 e. The Labute approximate surface area is 140 Å². The van der Waals surface area contributed by atoms with Crippen molar-refractivity contribution in [3.63, 3.8) is 0 Å². The maximum Gasteiger partial charge on any atom is 0.253 e. The molecule has 0 saturated heterocycles. The van der Waals surface area contributed by atoms with Crippen LogP contribution in [0.1, 0.15) is 21.5 Å². The number of nitrogens with zero attached hydrogens (tertiary/aromatic N) is 1. The van der Waals surface area contributed by atoms with Crippen molar-refractivity contribution in [2.75, 3.05) is 20.4 Å². The minimum Gasteiger partial charge on any atom is -0.454 e. The fourth-order valence-corrected chi connectivity index (χ4v) is 3.16. The van der Waals surface area contributed by atoms with Gasteiger partial charge in [0.15, 0.2) is 11.5 Å². The standard InChI is InChI=1S/C19H19NO4/c1-20(10-16-8-13-4-2-3-5-15(13)11-22-16)19(21)14-6-7-17-18(9-14)24-12-23-17/h2-7,9,16H,8,10-12H2,1H3. The monoisotopic (exact) mass is 325 g/mol. The molecular weight excluding hydrogens is 306 g/mol. The largest absolute Gasteiger partial charge is 0.454 e. The zero-order chi connectivity index (χ0) is 16.5. The molecule has 4 rings (SSSR count). The first-order valence-corrected chi connectivity index (χ1v) is 8.04. The lowest BCUT2D eigenvalue weighted by Crippen LogP contribution is -2.38. The summed E-state index contributed by atoms with van der Waals surface area (Å²) < 4.78 is 16.5. The van der Waals surface area contributed by atoms with Gasteiger partial charge in [-0.1, -0.05) is 24.3 Å². The molecule has 5 nitrogen and oxygen atoms in total. The summed E-state index contributed by atoms with van der Waals surface area (Å²) in [5.41, 5.74) is 3.13. The van der Waals surface area contributed by atoms with Crippen LogP contribution in [-0.2, 0) is 17.8 Å². The minimum absolute atomic E-state index is 0.0165. The molecule has 5 heteroatoms. The summed E-state index contributed by atoms with van der Waals surface area (Å²) >= 11 is 0. The molecule has 0 N–H and O–H groups in total. The molecule has 0 aromatic heterocycles. The highest BCUT2D eigenvalue weighted by molar-refractivity contribution is 5.94. The summed E-state index contributed by atoms with van der Waals surface area (Å²) in [7, 11) is 1.80. The van der Waals surface area contributed by atoms with Crippen molar-refractivity contribution in [2.45, 2.75) is 19.1 Å². The third-order valence-corrected chi connectivity index (χ3v) is 4.48. The van der Waals surface area contributed by atoms with Crippen LogP contribution in [-0.4, -0.2) is 37.3 Å². The number of amides is 1. The Morgan fingerprint density at radius 1 is 1.12 bits per heavy atom. The van der Waals surface area contributed by atoms with Crippen molar-refractivity contribution in [2.24, 2.45) is 0 Å². The van der Waals surface area contributed by atoms with E-state index in [-0.39, 0.29) is 18.8 Å². The fraction of sp³-hybridized carbons (Fsp3) is 0.316. The van der Waals surface area contributed by atoms with E-state index < -0.39 is 0 Å². The Morgan fingerprint density at radius 2 is 1.92 bits per heavy atom. The van der Waals surface area contributed by atoms with Crippen LogP contribution in [0.4, 0.5) is 0 Å². The number of hydrogen-bond acceptors (Lipinski definition) is 4. The summed E-state index contributed by atoms with van der Waals surface area (Å²) in [6.45, 7) is 1.37. The maximum atomic E-state index is 12.6. The summed E-state index contributed by atoms with van der Waals surface area (Å²) in [5, 5.41) is 0. The van der Waals surface area contributed by atoms with E-state index in [9.17, 15) is 4.79 Å². The number of fused-ring (bicyclic) bond motifs is 2. The molecule has 2 aromatic carbocycles. The lowest BCUT2D eigenvalue weighted by molar-refractivity contribution is 0.00984. The second-order valence-electron chi connectivity index (χ2n) is 6.16. The maximum absolute atomic E-state index is 12.6. The lowest BCUT2D eigenvalue weighted by atomic mass is 9.99. The summed E-state index contributed by atoms with van der Waals surface area (Å²) in [6.07, 6.45) is 0.845. The number of ether oxygens (including phenoxy) is 3. The van der Waals surface area contributed by atoms with Crippen LogP contribution in [0.15, 0.2) is 42.5 Å². The summed E-state index contributed by atoms with van der Waals surface area (Å²) in [6, 6.07) is 13.6. The van der Waals surface area contributed by atoms with Gasteiger partial charge in [0.2, 0.25) is 6.79 Å². The molecule has 1 amide bonds. The molecule has 2 aliphatic rings. The molecule has 0 fully saturated rings. The van der Waals surface area contributed by atoms with Gasteiger partial charge in [0.05, 0.1) is 12.7 Å². The number of carbonyl (C=O) groups excluding carboxylic acids is 1. The summed E-state index contributed by atoms with van der Waals surface area (Å²) in [5.74, 6) is 1.26. The molecule has 2 aromatic rings. The average Bonchev–Trinajstić information content (AvgIpc) is 3.08. The van der Waals surface area contributed by atoms with Gasteiger partial charge in [-0.3, -0.25) is 4.79 Å². The van der Waals surface area contributed by atoms with E-state index in [1.54, 1.807) is 30.1 Å². The second kappa shape index (κ2) is 6.17. The number of benzene rings is 2. The van der Waals surface area contributed by atoms with E-state index in [0.717, 1.165) is 6.42 Å². The van der Waals surface area contributed by atoms with Crippen LogP contribution in [0.3, 0.4) is 0 Å². The topological polar surface area (TPSA) is 48.0 Å². The molecule has 2 heterocycles. The zero-order valence-electron chi connectivity index (χ0n) is 13.5. The molecule has 124 valence electrons. The quantitative estimate of drug-likeness (QED) is 0.870. The van der Waals surface area contributed by atoms with E-state index in [1.807, 2.05) is 12.1 Å².